The van der Waals surface area contributed by atoms with E-state index < -0.39 is 0 Å². The van der Waals surface area contributed by atoms with Gasteiger partial charge in [0.25, 0.3) is 0 Å². The van der Waals surface area contributed by atoms with Gasteiger partial charge < -0.3 is 14.6 Å². The summed E-state index contributed by atoms with van der Waals surface area (Å²) in [5.74, 6) is 0. The van der Waals surface area contributed by atoms with Gasteiger partial charge in [0, 0.05) is 19.8 Å². The van der Waals surface area contributed by atoms with Crippen molar-refractivity contribution in [1.82, 2.24) is 0 Å². The molecule has 0 saturated heterocycles. The lowest BCUT2D eigenvalue weighted by atomic mass is 10.0. The predicted octanol–water partition coefficient (Wildman–Crippen LogP) is 6.01. The second-order valence-corrected chi connectivity index (χ2v) is 6.44. The van der Waals surface area contributed by atoms with E-state index in [9.17, 15) is 0 Å². The highest BCUT2D eigenvalue weighted by molar-refractivity contribution is 4.80. The number of hydrogen-bond donors (Lipinski definition) is 1. The van der Waals surface area contributed by atoms with Gasteiger partial charge in [0.15, 0.2) is 6.29 Å². The van der Waals surface area contributed by atoms with Crippen LogP contribution in [-0.2, 0) is 9.47 Å². The molecule has 0 fully saturated rings. The maximum atomic E-state index is 8.66. The lowest BCUT2D eigenvalue weighted by molar-refractivity contribution is -0.140. The van der Waals surface area contributed by atoms with Crippen molar-refractivity contribution in [3.05, 3.63) is 12.2 Å². The monoisotopic (exact) mass is 342 g/mol. The Kier molecular flexibility index (Phi) is 20.3. The zero-order valence-corrected chi connectivity index (χ0v) is 16.3. The van der Waals surface area contributed by atoms with Gasteiger partial charge in [-0.15, -0.1) is 0 Å². The molecule has 3 heteroatoms. The Hall–Kier alpha value is -0.380. The summed E-state index contributed by atoms with van der Waals surface area (Å²) < 4.78 is 11.1. The summed E-state index contributed by atoms with van der Waals surface area (Å²) in [7, 11) is 0. The molecule has 0 rings (SSSR count). The van der Waals surface area contributed by atoms with E-state index in [-0.39, 0.29) is 12.9 Å². The van der Waals surface area contributed by atoms with Gasteiger partial charge >= 0.3 is 0 Å². The third-order valence-electron chi connectivity index (χ3n) is 4.23. The van der Waals surface area contributed by atoms with Crippen LogP contribution in [-0.4, -0.2) is 31.2 Å². The molecule has 0 bridgehead atoms. The van der Waals surface area contributed by atoms with Crippen LogP contribution in [0, 0.1) is 0 Å². The van der Waals surface area contributed by atoms with Crippen LogP contribution in [0.4, 0.5) is 0 Å². The fraction of sp³-hybridized carbons (Fsp3) is 0.905. The van der Waals surface area contributed by atoms with Crippen molar-refractivity contribution in [2.75, 3.05) is 19.8 Å². The van der Waals surface area contributed by atoms with Gasteiger partial charge in [0.05, 0.1) is 0 Å². The van der Waals surface area contributed by atoms with E-state index in [0.29, 0.717) is 0 Å². The molecule has 0 saturated carbocycles. The van der Waals surface area contributed by atoms with E-state index in [1.807, 2.05) is 13.8 Å². The molecule has 0 aromatic carbocycles. The molecule has 0 aliphatic carbocycles. The summed E-state index contributed by atoms with van der Waals surface area (Å²) in [6.07, 6.45) is 20.7. The van der Waals surface area contributed by atoms with Crippen molar-refractivity contribution < 1.29 is 14.6 Å². The maximum Gasteiger partial charge on any atom is 0.157 e. The number of ether oxygens (including phenoxy) is 2. The van der Waals surface area contributed by atoms with E-state index >= 15 is 0 Å². The molecular formula is C21H42O3. The molecule has 0 aromatic heterocycles. The third kappa shape index (κ3) is 18.0. The Balaban J connectivity index is 3.19. The van der Waals surface area contributed by atoms with Gasteiger partial charge in [-0.3, -0.25) is 0 Å². The molecule has 0 amide bonds. The van der Waals surface area contributed by atoms with Crippen LogP contribution in [0.5, 0.6) is 0 Å². The van der Waals surface area contributed by atoms with Gasteiger partial charge in [0.1, 0.15) is 0 Å². The normalized spacial score (nSPS) is 11.8. The second-order valence-electron chi connectivity index (χ2n) is 6.44. The highest BCUT2D eigenvalue weighted by Gasteiger charge is 2.06. The first-order chi connectivity index (χ1) is 11.8. The standard InChI is InChI=1S/C21H42O3/c1-3-23-21(24-4-2)19-17-15-13-11-9-7-5-6-8-10-12-14-16-18-20-22/h14,16,21-22H,3-13,15,17-20H2,1-2H3/b16-14+. The average Bonchev–Trinajstić information content (AvgIpc) is 2.58. The summed E-state index contributed by atoms with van der Waals surface area (Å²) in [4.78, 5) is 0. The summed E-state index contributed by atoms with van der Waals surface area (Å²) in [6.45, 7) is 5.81. The Morgan fingerprint density at radius 2 is 1.12 bits per heavy atom. The van der Waals surface area contributed by atoms with Gasteiger partial charge in [-0.1, -0.05) is 63.5 Å². The van der Waals surface area contributed by atoms with Gasteiger partial charge in [-0.2, -0.15) is 0 Å². The number of unbranched alkanes of at least 4 members (excludes halogenated alkanes) is 10. The Bertz CT molecular complexity index is 247. The van der Waals surface area contributed by atoms with Crippen molar-refractivity contribution in [2.45, 2.75) is 104 Å². The molecule has 0 atom stereocenters. The predicted molar refractivity (Wildman–Crippen MR) is 103 cm³/mol. The molecule has 0 radical (unpaired) electrons. The van der Waals surface area contributed by atoms with Crippen LogP contribution in [0.3, 0.4) is 0 Å². The van der Waals surface area contributed by atoms with Crippen LogP contribution < -0.4 is 0 Å². The minimum absolute atomic E-state index is 0.0125. The first-order valence-electron chi connectivity index (χ1n) is 10.3. The molecule has 0 spiro atoms. The smallest absolute Gasteiger partial charge is 0.157 e. The van der Waals surface area contributed by atoms with Gasteiger partial charge in [0.2, 0.25) is 0 Å². The highest BCUT2D eigenvalue weighted by atomic mass is 16.7. The molecule has 0 heterocycles. The molecule has 1 N–H and O–H groups in total. The van der Waals surface area contributed by atoms with E-state index in [0.717, 1.165) is 26.1 Å². The molecular weight excluding hydrogens is 300 g/mol. The third-order valence-corrected chi connectivity index (χ3v) is 4.23. The van der Waals surface area contributed by atoms with Crippen LogP contribution in [0.1, 0.15) is 97.3 Å². The maximum absolute atomic E-state index is 8.66. The fourth-order valence-electron chi connectivity index (χ4n) is 2.88. The summed E-state index contributed by atoms with van der Waals surface area (Å²) in [6, 6.07) is 0. The van der Waals surface area contributed by atoms with Crippen molar-refractivity contribution in [2.24, 2.45) is 0 Å². The molecule has 24 heavy (non-hydrogen) atoms. The zero-order chi connectivity index (χ0) is 17.7. The van der Waals surface area contributed by atoms with Crippen molar-refractivity contribution in [3.8, 4) is 0 Å². The minimum Gasteiger partial charge on any atom is -0.396 e. The number of hydrogen-bond acceptors (Lipinski definition) is 3. The Morgan fingerprint density at radius 3 is 1.62 bits per heavy atom. The number of aliphatic hydroxyl groups excluding tert-OH is 1. The molecule has 0 aliphatic rings. The minimum atomic E-state index is 0.0125. The summed E-state index contributed by atoms with van der Waals surface area (Å²) >= 11 is 0. The van der Waals surface area contributed by atoms with Gasteiger partial charge in [-0.05, 0) is 46.0 Å². The second kappa shape index (κ2) is 20.7. The van der Waals surface area contributed by atoms with Crippen LogP contribution in [0.25, 0.3) is 0 Å². The first kappa shape index (κ1) is 23.6. The lowest BCUT2D eigenvalue weighted by Gasteiger charge is -2.16. The largest absolute Gasteiger partial charge is 0.396 e. The van der Waals surface area contributed by atoms with Crippen molar-refractivity contribution in [1.29, 1.82) is 0 Å². The van der Waals surface area contributed by atoms with Crippen molar-refractivity contribution in [3.63, 3.8) is 0 Å². The van der Waals surface area contributed by atoms with E-state index in [4.69, 9.17) is 14.6 Å². The number of rotatable bonds is 19. The van der Waals surface area contributed by atoms with Crippen molar-refractivity contribution >= 4 is 0 Å². The SMILES string of the molecule is CCOC(CCCCCCCCCCCC/C=C/CCO)OCC. The molecule has 0 aromatic rings. The van der Waals surface area contributed by atoms with Crippen LogP contribution >= 0.6 is 0 Å². The average molecular weight is 343 g/mol. The Morgan fingerprint density at radius 1 is 0.667 bits per heavy atom. The van der Waals surface area contributed by atoms with E-state index in [2.05, 4.69) is 12.2 Å². The quantitative estimate of drug-likeness (QED) is 0.178. The molecule has 3 nitrogen and oxygen atoms in total. The highest BCUT2D eigenvalue weighted by Crippen LogP contribution is 2.14. The van der Waals surface area contributed by atoms with E-state index in [1.165, 1.54) is 70.6 Å². The topological polar surface area (TPSA) is 38.7 Å². The number of aliphatic hydroxyl groups is 1. The molecule has 0 unspecified atom stereocenters. The first-order valence-corrected chi connectivity index (χ1v) is 10.3. The number of allylic oxidation sites excluding steroid dienone is 1. The Labute approximate surface area is 150 Å². The fourth-order valence-corrected chi connectivity index (χ4v) is 2.88. The van der Waals surface area contributed by atoms with Crippen LogP contribution in [0.2, 0.25) is 0 Å². The van der Waals surface area contributed by atoms with Gasteiger partial charge in [-0.25, -0.2) is 0 Å². The molecule has 144 valence electrons. The van der Waals surface area contributed by atoms with E-state index in [1.54, 1.807) is 0 Å². The zero-order valence-electron chi connectivity index (χ0n) is 16.3. The molecule has 0 aliphatic heterocycles. The summed E-state index contributed by atoms with van der Waals surface area (Å²) in [5.41, 5.74) is 0. The summed E-state index contributed by atoms with van der Waals surface area (Å²) in [5, 5.41) is 8.66. The van der Waals surface area contributed by atoms with Crippen LogP contribution in [0.15, 0.2) is 12.2 Å². The lowest BCUT2D eigenvalue weighted by Crippen LogP contribution is -2.17.